The van der Waals surface area contributed by atoms with E-state index < -0.39 is 0 Å². The number of nitrogens with two attached hydrogens (primary N) is 1. The van der Waals surface area contributed by atoms with Crippen molar-refractivity contribution >= 4 is 0 Å². The molecule has 112 valence electrons. The molecule has 0 amide bonds. The van der Waals surface area contributed by atoms with Gasteiger partial charge in [-0.15, -0.1) is 0 Å². The van der Waals surface area contributed by atoms with Gasteiger partial charge in [-0.1, -0.05) is 24.3 Å². The van der Waals surface area contributed by atoms with Crippen LogP contribution in [0.5, 0.6) is 5.75 Å². The van der Waals surface area contributed by atoms with Gasteiger partial charge in [0.05, 0.1) is 6.61 Å². The molecule has 1 unspecified atom stereocenters. The van der Waals surface area contributed by atoms with Crippen molar-refractivity contribution in [3.63, 3.8) is 0 Å². The van der Waals surface area contributed by atoms with Gasteiger partial charge in [-0.25, -0.2) is 8.78 Å². The molecule has 2 nitrogen and oxygen atoms in total. The summed E-state index contributed by atoms with van der Waals surface area (Å²) in [7, 11) is 0. The molecule has 2 aromatic rings. The van der Waals surface area contributed by atoms with Crippen LogP contribution in [0.3, 0.4) is 0 Å². The van der Waals surface area contributed by atoms with E-state index in [-0.39, 0.29) is 23.3 Å². The predicted molar refractivity (Wildman–Crippen MR) is 79.3 cm³/mol. The van der Waals surface area contributed by atoms with Crippen molar-refractivity contribution < 1.29 is 13.5 Å². The SMILES string of the molecule is NCC(CCCOc1ccccc1F)c1cccc(F)c1. The summed E-state index contributed by atoms with van der Waals surface area (Å²) in [5.74, 6) is -0.274. The Morgan fingerprint density at radius 1 is 1.05 bits per heavy atom. The van der Waals surface area contributed by atoms with Gasteiger partial charge < -0.3 is 10.5 Å². The summed E-state index contributed by atoms with van der Waals surface area (Å²) in [6.45, 7) is 0.857. The van der Waals surface area contributed by atoms with Crippen LogP contribution in [0.4, 0.5) is 8.78 Å². The number of hydrogen-bond acceptors (Lipinski definition) is 2. The highest BCUT2D eigenvalue weighted by molar-refractivity contribution is 5.23. The van der Waals surface area contributed by atoms with Crippen molar-refractivity contribution in [1.82, 2.24) is 0 Å². The minimum Gasteiger partial charge on any atom is -0.491 e. The van der Waals surface area contributed by atoms with E-state index in [0.29, 0.717) is 13.2 Å². The van der Waals surface area contributed by atoms with Crippen molar-refractivity contribution in [3.8, 4) is 5.75 Å². The second-order valence-electron chi connectivity index (χ2n) is 4.91. The van der Waals surface area contributed by atoms with E-state index in [1.807, 2.05) is 6.07 Å². The molecule has 0 saturated carbocycles. The lowest BCUT2D eigenvalue weighted by molar-refractivity contribution is 0.287. The summed E-state index contributed by atoms with van der Waals surface area (Å²) >= 11 is 0. The minimum absolute atomic E-state index is 0.0879. The minimum atomic E-state index is -0.363. The van der Waals surface area contributed by atoms with Crippen LogP contribution in [0.2, 0.25) is 0 Å². The Kier molecular flexibility index (Phi) is 5.69. The fraction of sp³-hybridized carbons (Fsp3) is 0.294. The summed E-state index contributed by atoms with van der Waals surface area (Å²) in [4.78, 5) is 0. The number of benzene rings is 2. The van der Waals surface area contributed by atoms with Crippen LogP contribution < -0.4 is 10.5 Å². The van der Waals surface area contributed by atoms with Crippen LogP contribution >= 0.6 is 0 Å². The van der Waals surface area contributed by atoms with Gasteiger partial charge in [-0.05, 0) is 55.1 Å². The van der Waals surface area contributed by atoms with Gasteiger partial charge in [-0.2, -0.15) is 0 Å². The Balaban J connectivity index is 1.83. The largest absolute Gasteiger partial charge is 0.491 e. The van der Waals surface area contributed by atoms with Crippen LogP contribution in [-0.2, 0) is 0 Å². The van der Waals surface area contributed by atoms with Crippen LogP contribution in [0.25, 0.3) is 0 Å². The number of halogens is 2. The highest BCUT2D eigenvalue weighted by Gasteiger charge is 2.10. The molecular formula is C17H19F2NO. The van der Waals surface area contributed by atoms with E-state index in [4.69, 9.17) is 10.5 Å². The monoisotopic (exact) mass is 291 g/mol. The van der Waals surface area contributed by atoms with Gasteiger partial charge in [0.2, 0.25) is 0 Å². The van der Waals surface area contributed by atoms with Crippen LogP contribution in [-0.4, -0.2) is 13.2 Å². The quantitative estimate of drug-likeness (QED) is 0.786. The van der Waals surface area contributed by atoms with Crippen molar-refractivity contribution in [3.05, 3.63) is 65.7 Å². The van der Waals surface area contributed by atoms with E-state index in [9.17, 15) is 8.78 Å². The summed E-state index contributed by atoms with van der Waals surface area (Å²) in [5, 5.41) is 0. The maximum Gasteiger partial charge on any atom is 0.165 e. The molecule has 1 atom stereocenters. The Morgan fingerprint density at radius 3 is 2.57 bits per heavy atom. The maximum absolute atomic E-state index is 13.4. The van der Waals surface area contributed by atoms with Gasteiger partial charge in [0.25, 0.3) is 0 Å². The van der Waals surface area contributed by atoms with E-state index in [1.54, 1.807) is 24.3 Å². The second-order valence-corrected chi connectivity index (χ2v) is 4.91. The number of rotatable bonds is 7. The van der Waals surface area contributed by atoms with E-state index in [0.717, 1.165) is 18.4 Å². The topological polar surface area (TPSA) is 35.2 Å². The van der Waals surface area contributed by atoms with Crippen LogP contribution in [0.15, 0.2) is 48.5 Å². The first-order valence-electron chi connectivity index (χ1n) is 7.03. The van der Waals surface area contributed by atoms with E-state index in [1.165, 1.54) is 18.2 Å². The molecule has 0 aliphatic carbocycles. The Hall–Kier alpha value is -1.94. The molecule has 2 aromatic carbocycles. The highest BCUT2D eigenvalue weighted by Crippen LogP contribution is 2.22. The third-order valence-electron chi connectivity index (χ3n) is 3.40. The normalized spacial score (nSPS) is 12.1. The Bertz CT molecular complexity index is 574. The van der Waals surface area contributed by atoms with Gasteiger partial charge in [-0.3, -0.25) is 0 Å². The second kappa shape index (κ2) is 7.74. The van der Waals surface area contributed by atoms with Gasteiger partial charge in [0, 0.05) is 0 Å². The molecule has 0 aliphatic heterocycles. The standard InChI is InChI=1S/C17H19F2NO/c18-15-7-3-5-13(11-15)14(12-20)6-4-10-21-17-9-2-1-8-16(17)19/h1-3,5,7-9,11,14H,4,6,10,12,20H2. The summed E-state index contributed by atoms with van der Waals surface area (Å²) in [6.07, 6.45) is 1.50. The first kappa shape index (κ1) is 15.4. The lowest BCUT2D eigenvalue weighted by atomic mass is 9.94. The predicted octanol–water partition coefficient (Wildman–Crippen LogP) is 3.87. The fourth-order valence-corrected chi connectivity index (χ4v) is 2.25. The molecule has 2 rings (SSSR count). The van der Waals surface area contributed by atoms with Crippen molar-refractivity contribution in [1.29, 1.82) is 0 Å². The van der Waals surface area contributed by atoms with Crippen molar-refractivity contribution in [2.75, 3.05) is 13.2 Å². The van der Waals surface area contributed by atoms with Crippen LogP contribution in [0, 0.1) is 11.6 Å². The molecule has 21 heavy (non-hydrogen) atoms. The third-order valence-corrected chi connectivity index (χ3v) is 3.40. The molecule has 0 aliphatic rings. The molecule has 0 spiro atoms. The first-order valence-corrected chi connectivity index (χ1v) is 7.03. The zero-order valence-corrected chi connectivity index (χ0v) is 11.8. The molecule has 0 radical (unpaired) electrons. The molecule has 0 fully saturated rings. The maximum atomic E-state index is 13.4. The van der Waals surface area contributed by atoms with Gasteiger partial charge in [0.15, 0.2) is 11.6 Å². The van der Waals surface area contributed by atoms with Gasteiger partial charge >= 0.3 is 0 Å². The number of hydrogen-bond donors (Lipinski definition) is 1. The third kappa shape index (κ3) is 4.53. The first-order chi connectivity index (χ1) is 10.2. The van der Waals surface area contributed by atoms with E-state index in [2.05, 4.69) is 0 Å². The molecule has 2 N–H and O–H groups in total. The number of para-hydroxylation sites is 1. The fourth-order valence-electron chi connectivity index (χ4n) is 2.25. The summed E-state index contributed by atoms with van der Waals surface area (Å²) in [5.41, 5.74) is 6.64. The van der Waals surface area contributed by atoms with E-state index >= 15 is 0 Å². The molecule has 4 heteroatoms. The zero-order valence-electron chi connectivity index (χ0n) is 11.8. The van der Waals surface area contributed by atoms with Crippen molar-refractivity contribution in [2.45, 2.75) is 18.8 Å². The lowest BCUT2D eigenvalue weighted by Crippen LogP contribution is -2.14. The number of ether oxygens (including phenoxy) is 1. The Labute approximate surface area is 123 Å². The smallest absolute Gasteiger partial charge is 0.165 e. The molecular weight excluding hydrogens is 272 g/mol. The lowest BCUT2D eigenvalue weighted by Gasteiger charge is -2.15. The zero-order chi connectivity index (χ0) is 15.1. The molecule has 0 bridgehead atoms. The summed E-state index contributed by atoms with van der Waals surface area (Å²) < 4.78 is 32.0. The summed E-state index contributed by atoms with van der Waals surface area (Å²) in [6, 6.07) is 12.8. The van der Waals surface area contributed by atoms with Gasteiger partial charge in [0.1, 0.15) is 5.82 Å². The van der Waals surface area contributed by atoms with Crippen molar-refractivity contribution in [2.24, 2.45) is 5.73 Å². The molecule has 0 saturated heterocycles. The Morgan fingerprint density at radius 2 is 1.86 bits per heavy atom. The average Bonchev–Trinajstić information content (AvgIpc) is 2.49. The molecule has 0 heterocycles. The van der Waals surface area contributed by atoms with Crippen LogP contribution in [0.1, 0.15) is 24.3 Å². The highest BCUT2D eigenvalue weighted by atomic mass is 19.1. The molecule has 0 aromatic heterocycles. The average molecular weight is 291 g/mol.